The maximum atomic E-state index is 11.5. The highest BCUT2D eigenvalue weighted by molar-refractivity contribution is 8.23. The zero-order valence-electron chi connectivity index (χ0n) is 19.5. The molecule has 0 aliphatic carbocycles. The van der Waals surface area contributed by atoms with Gasteiger partial charge in [-0.1, -0.05) is 60.8 Å². The standard InChI is InChI=1S/C20H30N4O8S4/c25-15(26)7-13(17(29)30)23-9-21(19(33)35-11-23)5-3-1-2-4-6-22-10-24(12-36-20(22)34)14(18(31)32)8-16(27)28/h13-14H,1-12H2,(H,25,26)(H,27,28)(H,29,30)(H,31,32). The third kappa shape index (κ3) is 9.63. The van der Waals surface area contributed by atoms with E-state index < -0.39 is 48.8 Å². The SMILES string of the molecule is O=C(O)CC(C(=O)O)N1CSC(=S)N(CCCCCCN2CN(C(CC(=O)O)C(=O)O)CSC2=S)C1. The quantitative estimate of drug-likeness (QED) is 0.162. The monoisotopic (exact) mass is 582 g/mol. The molecular formula is C20H30N4O8S4. The summed E-state index contributed by atoms with van der Waals surface area (Å²) in [7, 11) is 0. The van der Waals surface area contributed by atoms with Gasteiger partial charge in [-0.25, -0.2) is 0 Å². The topological polar surface area (TPSA) is 162 Å². The molecule has 2 aliphatic rings. The number of aliphatic carboxylic acids is 4. The highest BCUT2D eigenvalue weighted by Crippen LogP contribution is 2.24. The lowest BCUT2D eigenvalue weighted by molar-refractivity contribution is -0.150. The van der Waals surface area contributed by atoms with Gasteiger partial charge < -0.3 is 30.2 Å². The van der Waals surface area contributed by atoms with Crippen molar-refractivity contribution >= 4 is 80.5 Å². The van der Waals surface area contributed by atoms with Gasteiger partial charge in [-0.2, -0.15) is 0 Å². The number of hydrogen-bond acceptors (Lipinski definition) is 10. The fourth-order valence-corrected chi connectivity index (χ4v) is 6.18. The zero-order valence-corrected chi connectivity index (χ0v) is 22.7. The van der Waals surface area contributed by atoms with Crippen LogP contribution >= 0.6 is 48.0 Å². The van der Waals surface area contributed by atoms with E-state index in [1.165, 1.54) is 23.5 Å². The number of carboxylic acids is 4. The number of carboxylic acid groups (broad SMARTS) is 4. The second-order valence-corrected chi connectivity index (χ2v) is 11.5. The van der Waals surface area contributed by atoms with Crippen molar-refractivity contribution in [3.05, 3.63) is 0 Å². The van der Waals surface area contributed by atoms with E-state index in [9.17, 15) is 29.4 Å². The van der Waals surface area contributed by atoms with Gasteiger partial charge in [-0.3, -0.25) is 29.0 Å². The number of thiocarbonyl (C=S) groups is 2. The summed E-state index contributed by atoms with van der Waals surface area (Å²) in [5.74, 6) is -4.00. The molecule has 0 saturated carbocycles. The minimum Gasteiger partial charge on any atom is -0.481 e. The van der Waals surface area contributed by atoms with Gasteiger partial charge in [-0.05, 0) is 12.8 Å². The summed E-state index contributed by atoms with van der Waals surface area (Å²) in [6.07, 6.45) is 2.44. The van der Waals surface area contributed by atoms with E-state index in [2.05, 4.69) is 0 Å². The summed E-state index contributed by atoms with van der Waals surface area (Å²) >= 11 is 13.4. The molecule has 12 nitrogen and oxygen atoms in total. The van der Waals surface area contributed by atoms with Crippen LogP contribution in [0.3, 0.4) is 0 Å². The average molecular weight is 583 g/mol. The van der Waals surface area contributed by atoms with E-state index in [1.807, 2.05) is 9.80 Å². The molecule has 2 atom stereocenters. The Hall–Kier alpha value is -1.72. The molecule has 4 N–H and O–H groups in total. The molecule has 2 aliphatic heterocycles. The van der Waals surface area contributed by atoms with Crippen LogP contribution in [0.2, 0.25) is 0 Å². The third-order valence-corrected chi connectivity index (χ3v) is 8.88. The van der Waals surface area contributed by atoms with E-state index >= 15 is 0 Å². The van der Waals surface area contributed by atoms with Crippen molar-refractivity contribution in [2.75, 3.05) is 38.2 Å². The van der Waals surface area contributed by atoms with Crippen LogP contribution in [0.4, 0.5) is 0 Å². The first kappa shape index (κ1) is 30.5. The maximum Gasteiger partial charge on any atom is 0.321 e. The molecule has 2 unspecified atom stereocenters. The molecule has 2 fully saturated rings. The van der Waals surface area contributed by atoms with E-state index in [0.29, 0.717) is 33.5 Å². The Morgan fingerprint density at radius 1 is 0.694 bits per heavy atom. The first-order valence-corrected chi connectivity index (χ1v) is 14.0. The van der Waals surface area contributed by atoms with Gasteiger partial charge >= 0.3 is 23.9 Å². The number of hydrogen-bond donors (Lipinski definition) is 4. The van der Waals surface area contributed by atoms with Crippen molar-refractivity contribution in [3.8, 4) is 0 Å². The van der Waals surface area contributed by atoms with Gasteiger partial charge in [0, 0.05) is 13.1 Å². The Bertz CT molecular complexity index is 796. The summed E-state index contributed by atoms with van der Waals surface area (Å²) in [5, 5.41) is 36.8. The van der Waals surface area contributed by atoms with E-state index in [0.717, 1.165) is 25.7 Å². The van der Waals surface area contributed by atoms with Gasteiger partial charge in [0.25, 0.3) is 0 Å². The van der Waals surface area contributed by atoms with Gasteiger partial charge in [0.1, 0.15) is 20.7 Å². The molecule has 202 valence electrons. The Balaban J connectivity index is 1.75. The molecular weight excluding hydrogens is 553 g/mol. The van der Waals surface area contributed by atoms with E-state index in [1.54, 1.807) is 9.80 Å². The van der Waals surface area contributed by atoms with Crippen LogP contribution in [0.25, 0.3) is 0 Å². The van der Waals surface area contributed by atoms with Crippen molar-refractivity contribution in [1.29, 1.82) is 0 Å². The van der Waals surface area contributed by atoms with Gasteiger partial charge in [0.05, 0.1) is 37.9 Å². The summed E-state index contributed by atoms with van der Waals surface area (Å²) in [4.78, 5) is 52.1. The molecule has 2 heterocycles. The molecule has 2 rings (SSSR count). The largest absolute Gasteiger partial charge is 0.481 e. The van der Waals surface area contributed by atoms with Crippen molar-refractivity contribution in [3.63, 3.8) is 0 Å². The minimum atomic E-state index is -1.17. The number of nitrogens with zero attached hydrogens (tertiary/aromatic N) is 4. The van der Waals surface area contributed by atoms with Crippen molar-refractivity contribution in [2.24, 2.45) is 0 Å². The van der Waals surface area contributed by atoms with Crippen LogP contribution in [-0.2, 0) is 19.2 Å². The second kappa shape index (κ2) is 14.9. The lowest BCUT2D eigenvalue weighted by atomic mass is 10.1. The van der Waals surface area contributed by atoms with Crippen molar-refractivity contribution in [1.82, 2.24) is 19.6 Å². The minimum absolute atomic E-state index is 0.270. The molecule has 2 saturated heterocycles. The number of carbonyl (C=O) groups is 4. The predicted molar refractivity (Wildman–Crippen MR) is 143 cm³/mol. The third-order valence-electron chi connectivity index (χ3n) is 5.72. The number of unbranched alkanes of at least 4 members (excludes halogenated alkanes) is 3. The Kier molecular flexibility index (Phi) is 12.6. The fraction of sp³-hybridized carbons (Fsp3) is 0.700. The fourth-order valence-electron chi connectivity index (χ4n) is 3.83. The Morgan fingerprint density at radius 3 is 1.36 bits per heavy atom. The van der Waals surface area contributed by atoms with E-state index in [-0.39, 0.29) is 13.3 Å². The second-order valence-electron chi connectivity index (χ2n) is 8.38. The van der Waals surface area contributed by atoms with Crippen LogP contribution in [0.1, 0.15) is 38.5 Å². The zero-order chi connectivity index (χ0) is 26.8. The maximum absolute atomic E-state index is 11.5. The summed E-state index contributed by atoms with van der Waals surface area (Å²) < 4.78 is 1.33. The van der Waals surface area contributed by atoms with Crippen molar-refractivity contribution < 1.29 is 39.6 Å². The van der Waals surface area contributed by atoms with Crippen LogP contribution in [-0.4, -0.2) is 123 Å². The Labute approximate surface area is 227 Å². The van der Waals surface area contributed by atoms with Crippen molar-refractivity contribution in [2.45, 2.75) is 50.6 Å². The molecule has 0 spiro atoms. The number of thioether (sulfide) groups is 2. The summed E-state index contributed by atoms with van der Waals surface area (Å²) in [6, 6.07) is -2.22. The number of rotatable bonds is 15. The Morgan fingerprint density at radius 2 is 1.06 bits per heavy atom. The molecule has 36 heavy (non-hydrogen) atoms. The highest BCUT2D eigenvalue weighted by Gasteiger charge is 2.34. The molecule has 0 aromatic carbocycles. The first-order chi connectivity index (χ1) is 17.0. The molecule has 0 amide bonds. The summed E-state index contributed by atoms with van der Waals surface area (Å²) in [6.45, 7) is 1.80. The summed E-state index contributed by atoms with van der Waals surface area (Å²) in [5.41, 5.74) is 0. The van der Waals surface area contributed by atoms with Gasteiger partial charge in [0.15, 0.2) is 0 Å². The highest BCUT2D eigenvalue weighted by atomic mass is 32.2. The van der Waals surface area contributed by atoms with E-state index in [4.69, 9.17) is 34.6 Å². The average Bonchev–Trinajstić information content (AvgIpc) is 2.80. The molecule has 0 aromatic rings. The first-order valence-electron chi connectivity index (χ1n) is 11.2. The molecule has 0 radical (unpaired) electrons. The normalized spacial score (nSPS) is 19.2. The molecule has 0 bridgehead atoms. The van der Waals surface area contributed by atoms with Gasteiger partial charge in [0.2, 0.25) is 0 Å². The van der Waals surface area contributed by atoms with Crippen LogP contribution in [0.15, 0.2) is 0 Å². The predicted octanol–water partition coefficient (Wildman–Crippen LogP) is 1.50. The van der Waals surface area contributed by atoms with Gasteiger partial charge in [-0.15, -0.1) is 0 Å². The lowest BCUT2D eigenvalue weighted by Gasteiger charge is -2.39. The lowest BCUT2D eigenvalue weighted by Crippen LogP contribution is -2.52. The molecule has 0 aromatic heterocycles. The van der Waals surface area contributed by atoms with Crippen LogP contribution < -0.4 is 0 Å². The molecule has 16 heteroatoms. The van der Waals surface area contributed by atoms with Crippen LogP contribution in [0, 0.1) is 0 Å². The smallest absolute Gasteiger partial charge is 0.321 e. The van der Waals surface area contributed by atoms with Crippen LogP contribution in [0.5, 0.6) is 0 Å².